The van der Waals surface area contributed by atoms with Gasteiger partial charge in [0.25, 0.3) is 0 Å². The number of hydrogen-bond donors (Lipinski definition) is 1. The van der Waals surface area contributed by atoms with Crippen LogP contribution in [0.15, 0.2) is 29.4 Å². The number of thioether (sulfide) groups is 1. The molecule has 0 unspecified atom stereocenters. The number of carbonyl (C=O) groups is 2. The number of anilines is 1. The molecule has 0 atom stereocenters. The number of thiophene rings is 1. The summed E-state index contributed by atoms with van der Waals surface area (Å²) in [7, 11) is 0. The molecule has 2 N–H and O–H groups in total. The maximum atomic E-state index is 12.3. The van der Waals surface area contributed by atoms with Gasteiger partial charge >= 0.3 is 11.9 Å². The molecule has 0 aliphatic carbocycles. The van der Waals surface area contributed by atoms with Gasteiger partial charge < -0.3 is 15.2 Å². The quantitative estimate of drug-likeness (QED) is 0.319. The molecule has 0 saturated carbocycles. The Morgan fingerprint density at radius 2 is 1.83 bits per heavy atom. The molecule has 0 fully saturated rings. The second-order valence-corrected chi connectivity index (χ2v) is 8.08. The molecule has 0 aliphatic rings. The highest BCUT2D eigenvalue weighted by molar-refractivity contribution is 7.99. The van der Waals surface area contributed by atoms with Gasteiger partial charge in [-0.2, -0.15) is 0 Å². The van der Waals surface area contributed by atoms with Crippen LogP contribution in [-0.4, -0.2) is 40.9 Å². The van der Waals surface area contributed by atoms with E-state index in [4.69, 9.17) is 26.8 Å². The van der Waals surface area contributed by atoms with Crippen molar-refractivity contribution in [3.05, 3.63) is 34.2 Å². The summed E-state index contributed by atoms with van der Waals surface area (Å²) in [5, 5.41) is 1.54. The van der Waals surface area contributed by atoms with E-state index >= 15 is 0 Å². The summed E-state index contributed by atoms with van der Waals surface area (Å²) in [6.07, 6.45) is 0. The smallest absolute Gasteiger partial charge is 0.350 e. The fourth-order valence-electron chi connectivity index (χ4n) is 2.56. The minimum absolute atomic E-state index is 0.0744. The summed E-state index contributed by atoms with van der Waals surface area (Å²) in [6, 6.07) is 7.10. The minimum atomic E-state index is -0.504. The lowest BCUT2D eigenvalue weighted by Crippen LogP contribution is -2.07. The zero-order chi connectivity index (χ0) is 21.0. The predicted octanol–water partition coefficient (Wildman–Crippen LogP) is 4.43. The van der Waals surface area contributed by atoms with Crippen LogP contribution in [0.5, 0.6) is 0 Å². The third kappa shape index (κ3) is 4.80. The molecule has 2 aromatic heterocycles. The van der Waals surface area contributed by atoms with Gasteiger partial charge in [0.05, 0.1) is 35.7 Å². The van der Waals surface area contributed by atoms with Crippen LogP contribution in [0.3, 0.4) is 0 Å². The van der Waals surface area contributed by atoms with Crippen molar-refractivity contribution in [3.63, 3.8) is 0 Å². The van der Waals surface area contributed by atoms with E-state index in [0.29, 0.717) is 32.7 Å². The number of rotatable bonds is 7. The molecule has 0 aliphatic heterocycles. The fourth-order valence-corrected chi connectivity index (χ4v) is 4.37. The van der Waals surface area contributed by atoms with Crippen LogP contribution in [-0.2, 0) is 14.3 Å². The van der Waals surface area contributed by atoms with Crippen molar-refractivity contribution in [1.82, 2.24) is 9.97 Å². The molecule has 0 spiro atoms. The Morgan fingerprint density at radius 3 is 2.48 bits per heavy atom. The van der Waals surface area contributed by atoms with E-state index < -0.39 is 5.97 Å². The second-order valence-electron chi connectivity index (χ2n) is 5.70. The lowest BCUT2D eigenvalue weighted by atomic mass is 10.1. The molecule has 29 heavy (non-hydrogen) atoms. The van der Waals surface area contributed by atoms with Crippen LogP contribution >= 0.6 is 34.7 Å². The lowest BCUT2D eigenvalue weighted by molar-refractivity contribution is -0.139. The van der Waals surface area contributed by atoms with Crippen molar-refractivity contribution >= 4 is 62.5 Å². The summed E-state index contributed by atoms with van der Waals surface area (Å²) in [4.78, 5) is 33.9. The van der Waals surface area contributed by atoms with E-state index in [9.17, 15) is 9.59 Å². The molecule has 0 amide bonds. The van der Waals surface area contributed by atoms with E-state index in [2.05, 4.69) is 9.97 Å². The van der Waals surface area contributed by atoms with Crippen molar-refractivity contribution in [3.8, 4) is 11.3 Å². The van der Waals surface area contributed by atoms with Gasteiger partial charge in [0.15, 0.2) is 5.16 Å². The van der Waals surface area contributed by atoms with Gasteiger partial charge in [-0.3, -0.25) is 4.79 Å². The van der Waals surface area contributed by atoms with Crippen LogP contribution < -0.4 is 5.73 Å². The van der Waals surface area contributed by atoms with E-state index in [1.54, 1.807) is 26.0 Å². The molecule has 7 nitrogen and oxygen atoms in total. The van der Waals surface area contributed by atoms with Crippen LogP contribution in [0, 0.1) is 0 Å². The molecule has 0 radical (unpaired) electrons. The van der Waals surface area contributed by atoms with Crippen molar-refractivity contribution in [1.29, 1.82) is 0 Å². The van der Waals surface area contributed by atoms with Gasteiger partial charge in [-0.1, -0.05) is 35.5 Å². The summed E-state index contributed by atoms with van der Waals surface area (Å²) in [6.45, 7) is 4.02. The SMILES string of the molecule is CCOC(=O)CSc1nc(-c2ccc(Cl)cc2)c2c(N)c(C(=O)OCC)sc2n1. The number of nitrogens with two attached hydrogens (primary N) is 1. The monoisotopic (exact) mass is 451 g/mol. The number of benzene rings is 1. The summed E-state index contributed by atoms with van der Waals surface area (Å²) in [5.74, 6) is -0.784. The summed E-state index contributed by atoms with van der Waals surface area (Å²) >= 11 is 8.29. The topological polar surface area (TPSA) is 104 Å². The van der Waals surface area contributed by atoms with Crippen LogP contribution in [0.1, 0.15) is 23.5 Å². The van der Waals surface area contributed by atoms with E-state index in [0.717, 1.165) is 28.7 Å². The Kier molecular flexibility index (Phi) is 6.94. The minimum Gasteiger partial charge on any atom is -0.465 e. The number of nitrogen functional groups attached to an aromatic ring is 1. The number of aromatic nitrogens is 2. The number of nitrogens with zero attached hydrogens (tertiary/aromatic N) is 2. The molecule has 152 valence electrons. The first-order valence-corrected chi connectivity index (χ1v) is 10.9. The normalized spacial score (nSPS) is 10.9. The number of carbonyl (C=O) groups excluding carboxylic acids is 2. The van der Waals surface area contributed by atoms with Crippen LogP contribution in [0.2, 0.25) is 5.02 Å². The van der Waals surface area contributed by atoms with Gasteiger partial charge in [-0.05, 0) is 26.0 Å². The highest BCUT2D eigenvalue weighted by atomic mass is 35.5. The fraction of sp³-hybridized carbons (Fsp3) is 0.263. The molecule has 2 heterocycles. The van der Waals surface area contributed by atoms with E-state index in [1.807, 2.05) is 12.1 Å². The molecule has 3 aromatic rings. The van der Waals surface area contributed by atoms with Gasteiger partial charge in [-0.25, -0.2) is 14.8 Å². The van der Waals surface area contributed by atoms with Crippen molar-refractivity contribution in [2.24, 2.45) is 0 Å². The zero-order valence-electron chi connectivity index (χ0n) is 15.7. The lowest BCUT2D eigenvalue weighted by Gasteiger charge is -2.07. The molecular weight excluding hydrogens is 434 g/mol. The Balaban J connectivity index is 2.11. The first-order chi connectivity index (χ1) is 13.9. The molecule has 1 aromatic carbocycles. The third-order valence-electron chi connectivity index (χ3n) is 3.77. The van der Waals surface area contributed by atoms with E-state index in [-0.39, 0.29) is 28.9 Å². The summed E-state index contributed by atoms with van der Waals surface area (Å²) < 4.78 is 10.0. The first-order valence-electron chi connectivity index (χ1n) is 8.76. The number of fused-ring (bicyclic) bond motifs is 1. The Morgan fingerprint density at radius 1 is 1.14 bits per heavy atom. The number of esters is 2. The van der Waals surface area contributed by atoms with Crippen molar-refractivity contribution in [2.75, 3.05) is 24.7 Å². The largest absolute Gasteiger partial charge is 0.465 e. The molecule has 0 saturated heterocycles. The Hall–Kier alpha value is -2.36. The first kappa shape index (κ1) is 21.4. The zero-order valence-corrected chi connectivity index (χ0v) is 18.1. The standard InChI is InChI=1S/C19H18ClN3O4S2/c1-3-26-12(24)9-28-19-22-15(10-5-7-11(20)8-6-10)13-14(21)16(18(25)27-4-2)29-17(13)23-19/h5-8H,3-4,9,21H2,1-2H3. The summed E-state index contributed by atoms with van der Waals surface area (Å²) in [5.41, 5.74) is 7.87. The Labute approximate surface area is 180 Å². The number of hydrogen-bond acceptors (Lipinski definition) is 9. The highest BCUT2D eigenvalue weighted by Crippen LogP contribution is 2.40. The van der Waals surface area contributed by atoms with Crippen LogP contribution in [0.25, 0.3) is 21.5 Å². The number of halogens is 1. The van der Waals surface area contributed by atoms with Gasteiger partial charge in [0.1, 0.15) is 9.71 Å². The predicted molar refractivity (Wildman–Crippen MR) is 116 cm³/mol. The van der Waals surface area contributed by atoms with E-state index in [1.165, 1.54) is 0 Å². The maximum Gasteiger partial charge on any atom is 0.350 e. The third-order valence-corrected chi connectivity index (χ3v) is 5.92. The van der Waals surface area contributed by atoms with Crippen molar-refractivity contribution < 1.29 is 19.1 Å². The molecule has 0 bridgehead atoms. The average Bonchev–Trinajstić information content (AvgIpc) is 3.03. The van der Waals surface area contributed by atoms with Crippen molar-refractivity contribution in [2.45, 2.75) is 19.0 Å². The highest BCUT2D eigenvalue weighted by Gasteiger charge is 2.23. The second kappa shape index (κ2) is 9.43. The Bertz CT molecular complexity index is 1050. The van der Waals surface area contributed by atoms with Crippen LogP contribution in [0.4, 0.5) is 5.69 Å². The average molecular weight is 452 g/mol. The maximum absolute atomic E-state index is 12.3. The van der Waals surface area contributed by atoms with Gasteiger partial charge in [0, 0.05) is 10.6 Å². The van der Waals surface area contributed by atoms with Gasteiger partial charge in [0.2, 0.25) is 0 Å². The molecular formula is C19H18ClN3O4S2. The molecule has 3 rings (SSSR count). The van der Waals surface area contributed by atoms with Gasteiger partial charge in [-0.15, -0.1) is 11.3 Å². The molecule has 10 heteroatoms. The number of ether oxygens (including phenoxy) is 2.